The first-order valence-electron chi connectivity index (χ1n) is 10.1. The molecule has 0 bridgehead atoms. The molecule has 0 saturated heterocycles. The molecule has 0 amide bonds. The van der Waals surface area contributed by atoms with E-state index in [0.717, 1.165) is 27.7 Å². The van der Waals surface area contributed by atoms with Crippen LogP contribution in [0.15, 0.2) is 53.8 Å². The number of anilines is 2. The zero-order valence-corrected chi connectivity index (χ0v) is 19.8. The van der Waals surface area contributed by atoms with Crippen LogP contribution in [0, 0.1) is 0 Å². The molecule has 0 unspecified atom stereocenters. The topological polar surface area (TPSA) is 69.2 Å². The van der Waals surface area contributed by atoms with Gasteiger partial charge in [0.15, 0.2) is 11.0 Å². The Kier molecular flexibility index (Phi) is 6.67. The molecule has 2 aromatic carbocycles. The Morgan fingerprint density at radius 1 is 1.03 bits per heavy atom. The highest BCUT2D eigenvalue weighted by Crippen LogP contribution is 2.44. The Bertz CT molecular complexity index is 1270. The SMILES string of the molecule is CCc1c(OC)cc(OC)c(Cl)c1-c1cc2cnc(SC)nc2c(Nc2ccccc2)n1. The van der Waals surface area contributed by atoms with Gasteiger partial charge in [-0.25, -0.2) is 15.0 Å². The van der Waals surface area contributed by atoms with Crippen molar-refractivity contribution in [2.75, 3.05) is 25.8 Å². The lowest BCUT2D eigenvalue weighted by Crippen LogP contribution is -2.03. The quantitative estimate of drug-likeness (QED) is 0.250. The predicted molar refractivity (Wildman–Crippen MR) is 132 cm³/mol. The summed E-state index contributed by atoms with van der Waals surface area (Å²) in [5.74, 6) is 1.86. The third-order valence-electron chi connectivity index (χ3n) is 5.11. The maximum atomic E-state index is 6.79. The number of pyridine rings is 1. The van der Waals surface area contributed by atoms with Gasteiger partial charge in [0.25, 0.3) is 0 Å². The predicted octanol–water partition coefficient (Wildman–Crippen LogP) is 6.39. The van der Waals surface area contributed by atoms with E-state index in [9.17, 15) is 0 Å². The van der Waals surface area contributed by atoms with Gasteiger partial charge in [0.2, 0.25) is 0 Å². The number of halogens is 1. The van der Waals surface area contributed by atoms with Gasteiger partial charge in [-0.1, -0.05) is 48.5 Å². The number of ether oxygens (including phenoxy) is 2. The van der Waals surface area contributed by atoms with Gasteiger partial charge in [-0.2, -0.15) is 0 Å². The van der Waals surface area contributed by atoms with E-state index in [4.69, 9.17) is 31.0 Å². The molecule has 1 N–H and O–H groups in total. The molecule has 2 aromatic heterocycles. The maximum absolute atomic E-state index is 6.79. The van der Waals surface area contributed by atoms with Crippen molar-refractivity contribution in [3.8, 4) is 22.8 Å². The Labute approximate surface area is 196 Å². The van der Waals surface area contributed by atoms with Crippen molar-refractivity contribution >= 4 is 45.8 Å². The summed E-state index contributed by atoms with van der Waals surface area (Å²) in [5.41, 5.74) is 4.07. The Morgan fingerprint density at radius 2 is 1.78 bits per heavy atom. The molecule has 4 rings (SSSR count). The largest absolute Gasteiger partial charge is 0.496 e. The molecule has 0 aliphatic rings. The minimum absolute atomic E-state index is 0.490. The van der Waals surface area contributed by atoms with Gasteiger partial charge in [0.05, 0.1) is 24.9 Å². The van der Waals surface area contributed by atoms with Gasteiger partial charge >= 0.3 is 0 Å². The lowest BCUT2D eigenvalue weighted by molar-refractivity contribution is 0.392. The molecule has 164 valence electrons. The Balaban J connectivity index is 2.00. The zero-order chi connectivity index (χ0) is 22.7. The van der Waals surface area contributed by atoms with Gasteiger partial charge in [-0.15, -0.1) is 0 Å². The minimum atomic E-state index is 0.490. The smallest absolute Gasteiger partial charge is 0.187 e. The van der Waals surface area contributed by atoms with Crippen molar-refractivity contribution in [3.63, 3.8) is 0 Å². The molecule has 0 spiro atoms. The highest BCUT2D eigenvalue weighted by molar-refractivity contribution is 7.98. The molecule has 0 saturated carbocycles. The summed E-state index contributed by atoms with van der Waals surface area (Å²) < 4.78 is 11.1. The summed E-state index contributed by atoms with van der Waals surface area (Å²) in [5, 5.41) is 5.43. The lowest BCUT2D eigenvalue weighted by Gasteiger charge is -2.18. The van der Waals surface area contributed by atoms with Gasteiger partial charge in [0.1, 0.15) is 17.0 Å². The Morgan fingerprint density at radius 3 is 2.44 bits per heavy atom. The molecule has 8 heteroatoms. The second-order valence-corrected chi connectivity index (χ2v) is 8.10. The van der Waals surface area contributed by atoms with Crippen LogP contribution in [0.2, 0.25) is 5.02 Å². The van der Waals surface area contributed by atoms with Gasteiger partial charge in [-0.05, 0) is 30.9 Å². The number of methoxy groups -OCH3 is 2. The van der Waals surface area contributed by atoms with Crippen molar-refractivity contribution in [2.45, 2.75) is 18.5 Å². The van der Waals surface area contributed by atoms with Crippen LogP contribution < -0.4 is 14.8 Å². The lowest BCUT2D eigenvalue weighted by atomic mass is 9.99. The third-order valence-corrected chi connectivity index (χ3v) is 6.05. The molecular formula is C24H23ClN4O2S. The van der Waals surface area contributed by atoms with Crippen LogP contribution in [-0.4, -0.2) is 35.4 Å². The highest BCUT2D eigenvalue weighted by Gasteiger charge is 2.21. The second kappa shape index (κ2) is 9.63. The summed E-state index contributed by atoms with van der Waals surface area (Å²) in [6, 6.07) is 13.6. The van der Waals surface area contributed by atoms with E-state index in [-0.39, 0.29) is 0 Å². The van der Waals surface area contributed by atoms with Gasteiger partial charge < -0.3 is 14.8 Å². The summed E-state index contributed by atoms with van der Waals surface area (Å²) >= 11 is 8.28. The first-order chi connectivity index (χ1) is 15.6. The van der Waals surface area contributed by atoms with E-state index < -0.39 is 0 Å². The second-order valence-electron chi connectivity index (χ2n) is 6.94. The normalized spacial score (nSPS) is 10.9. The molecule has 0 radical (unpaired) electrons. The van der Waals surface area contributed by atoms with Crippen LogP contribution in [0.25, 0.3) is 22.2 Å². The van der Waals surface area contributed by atoms with Crippen molar-refractivity contribution < 1.29 is 9.47 Å². The number of nitrogens with one attached hydrogen (secondary N) is 1. The van der Waals surface area contributed by atoms with E-state index in [1.54, 1.807) is 14.2 Å². The number of benzene rings is 2. The van der Waals surface area contributed by atoms with Crippen molar-refractivity contribution in [1.82, 2.24) is 15.0 Å². The summed E-state index contributed by atoms with van der Waals surface area (Å²) in [6.45, 7) is 2.06. The first kappa shape index (κ1) is 22.2. The fraction of sp³-hybridized carbons (Fsp3) is 0.208. The summed E-state index contributed by atoms with van der Waals surface area (Å²) in [7, 11) is 3.23. The monoisotopic (exact) mass is 466 g/mol. The maximum Gasteiger partial charge on any atom is 0.187 e. The minimum Gasteiger partial charge on any atom is -0.496 e. The number of nitrogens with zero attached hydrogens (tertiary/aromatic N) is 3. The van der Waals surface area contributed by atoms with Crippen LogP contribution in [0.5, 0.6) is 11.5 Å². The zero-order valence-electron chi connectivity index (χ0n) is 18.3. The van der Waals surface area contributed by atoms with E-state index in [1.807, 2.05) is 54.9 Å². The molecular weight excluding hydrogens is 444 g/mol. The number of hydrogen-bond donors (Lipinski definition) is 1. The fourth-order valence-corrected chi connectivity index (χ4v) is 4.28. The number of hydrogen-bond acceptors (Lipinski definition) is 7. The van der Waals surface area contributed by atoms with Crippen molar-refractivity contribution in [1.29, 1.82) is 0 Å². The van der Waals surface area contributed by atoms with E-state index in [1.165, 1.54) is 11.8 Å². The number of aromatic nitrogens is 3. The number of thioether (sulfide) groups is 1. The molecule has 2 heterocycles. The van der Waals surface area contributed by atoms with Crippen LogP contribution in [0.3, 0.4) is 0 Å². The average Bonchev–Trinajstić information content (AvgIpc) is 2.83. The van der Waals surface area contributed by atoms with E-state index in [0.29, 0.717) is 39.6 Å². The van der Waals surface area contributed by atoms with Gasteiger partial charge in [-0.3, -0.25) is 0 Å². The van der Waals surface area contributed by atoms with Crippen LogP contribution in [0.4, 0.5) is 11.5 Å². The van der Waals surface area contributed by atoms with Gasteiger partial charge in [0, 0.05) is 34.5 Å². The molecule has 4 aromatic rings. The molecule has 0 fully saturated rings. The summed E-state index contributed by atoms with van der Waals surface area (Å²) in [4.78, 5) is 14.1. The van der Waals surface area contributed by atoms with Crippen LogP contribution >= 0.6 is 23.4 Å². The fourth-order valence-electron chi connectivity index (χ4n) is 3.59. The number of rotatable bonds is 7. The Hall–Kier alpha value is -3.03. The van der Waals surface area contributed by atoms with Crippen molar-refractivity contribution in [2.24, 2.45) is 0 Å². The third kappa shape index (κ3) is 4.18. The summed E-state index contributed by atoms with van der Waals surface area (Å²) in [6.07, 6.45) is 4.47. The van der Waals surface area contributed by atoms with E-state index in [2.05, 4.69) is 17.2 Å². The number of fused-ring (bicyclic) bond motifs is 1. The highest BCUT2D eigenvalue weighted by atomic mass is 35.5. The van der Waals surface area contributed by atoms with E-state index >= 15 is 0 Å². The molecule has 32 heavy (non-hydrogen) atoms. The standard InChI is InChI=1S/C24H23ClN4O2S/c1-5-16-18(30-2)12-19(31-3)21(25)20(16)17-11-14-13-26-24(32-4)29-22(14)23(28-17)27-15-9-7-6-8-10-15/h6-13H,5H2,1-4H3,(H,27,28). The molecule has 0 atom stereocenters. The van der Waals surface area contributed by atoms with Crippen LogP contribution in [-0.2, 0) is 6.42 Å². The first-order valence-corrected chi connectivity index (χ1v) is 11.7. The molecule has 0 aliphatic carbocycles. The molecule has 0 aliphatic heterocycles. The van der Waals surface area contributed by atoms with Crippen molar-refractivity contribution in [3.05, 3.63) is 59.2 Å². The molecule has 6 nitrogen and oxygen atoms in total. The number of para-hydroxylation sites is 1. The average molecular weight is 467 g/mol. The van der Waals surface area contributed by atoms with Crippen LogP contribution in [0.1, 0.15) is 12.5 Å².